The van der Waals surface area contributed by atoms with Crippen molar-refractivity contribution in [2.45, 2.75) is 19.3 Å². The lowest BCUT2D eigenvalue weighted by molar-refractivity contribution is -0.136. The minimum Gasteiger partial charge on any atom is -0.490 e. The molecule has 2 N–H and O–H groups in total. The number of hydrogen-bond acceptors (Lipinski definition) is 4. The van der Waals surface area contributed by atoms with Gasteiger partial charge in [0.2, 0.25) is 0 Å². The second-order valence-corrected chi connectivity index (χ2v) is 5.65. The molecule has 2 rings (SSSR count). The molecule has 0 unspecified atom stereocenters. The van der Waals surface area contributed by atoms with Crippen molar-refractivity contribution in [3.63, 3.8) is 0 Å². The number of aryl methyl sites for hydroxylation is 1. The quantitative estimate of drug-likeness (QED) is 0.580. The highest BCUT2D eigenvalue weighted by atomic mass is 16.5. The fourth-order valence-electron chi connectivity index (χ4n) is 2.36. The molecule has 0 heterocycles. The van der Waals surface area contributed by atoms with Crippen LogP contribution in [0.25, 0.3) is 0 Å². The molecular weight excluding hydrogens is 318 g/mol. The van der Waals surface area contributed by atoms with Crippen LogP contribution in [0.5, 0.6) is 11.5 Å². The van der Waals surface area contributed by atoms with Crippen molar-refractivity contribution in [2.75, 3.05) is 26.3 Å². The Bertz CT molecular complexity index is 631. The predicted molar refractivity (Wildman–Crippen MR) is 97.3 cm³/mol. The van der Waals surface area contributed by atoms with Crippen LogP contribution in [0, 0.1) is 0 Å². The van der Waals surface area contributed by atoms with Crippen LogP contribution in [0.15, 0.2) is 54.6 Å². The first-order valence-electron chi connectivity index (χ1n) is 8.56. The van der Waals surface area contributed by atoms with Gasteiger partial charge in [0.15, 0.2) is 0 Å². The van der Waals surface area contributed by atoms with E-state index in [2.05, 4.69) is 11.4 Å². The number of para-hydroxylation sites is 1. The van der Waals surface area contributed by atoms with Crippen molar-refractivity contribution in [1.29, 1.82) is 0 Å². The molecule has 2 aromatic rings. The smallest absolute Gasteiger partial charge is 0.304 e. The SMILES string of the molecule is O=C(O)CCNCCCc1cccc(OCCOc2ccccc2)c1. The molecule has 0 saturated heterocycles. The zero-order valence-corrected chi connectivity index (χ0v) is 14.3. The summed E-state index contributed by atoms with van der Waals surface area (Å²) in [4.78, 5) is 10.4. The highest BCUT2D eigenvalue weighted by Crippen LogP contribution is 2.15. The highest BCUT2D eigenvalue weighted by molar-refractivity contribution is 5.66. The molecule has 0 radical (unpaired) electrons. The number of nitrogens with one attached hydrogen (secondary N) is 1. The number of hydrogen-bond donors (Lipinski definition) is 2. The van der Waals surface area contributed by atoms with Gasteiger partial charge in [0, 0.05) is 6.54 Å². The Balaban J connectivity index is 1.62. The summed E-state index contributed by atoms with van der Waals surface area (Å²) >= 11 is 0. The second-order valence-electron chi connectivity index (χ2n) is 5.65. The van der Waals surface area contributed by atoms with Crippen molar-refractivity contribution in [1.82, 2.24) is 5.32 Å². The third kappa shape index (κ3) is 8.22. The van der Waals surface area contributed by atoms with E-state index in [0.717, 1.165) is 30.9 Å². The summed E-state index contributed by atoms with van der Waals surface area (Å²) in [6.45, 7) is 2.32. The molecule has 0 aliphatic heterocycles. The van der Waals surface area contributed by atoms with Gasteiger partial charge >= 0.3 is 5.97 Å². The van der Waals surface area contributed by atoms with Gasteiger partial charge in [-0.2, -0.15) is 0 Å². The lowest BCUT2D eigenvalue weighted by Gasteiger charge is -2.10. The Kier molecular flexibility index (Phi) is 8.35. The van der Waals surface area contributed by atoms with Gasteiger partial charge in [0.25, 0.3) is 0 Å². The molecule has 2 aromatic carbocycles. The Labute approximate surface area is 148 Å². The summed E-state index contributed by atoms with van der Waals surface area (Å²) in [5.74, 6) is 0.914. The fourth-order valence-corrected chi connectivity index (χ4v) is 2.36. The van der Waals surface area contributed by atoms with Gasteiger partial charge in [-0.1, -0.05) is 30.3 Å². The number of aliphatic carboxylic acids is 1. The summed E-state index contributed by atoms with van der Waals surface area (Å²) < 4.78 is 11.3. The van der Waals surface area contributed by atoms with Crippen LogP contribution in [0.1, 0.15) is 18.4 Å². The average molecular weight is 343 g/mol. The minimum absolute atomic E-state index is 0.161. The Morgan fingerprint density at radius 2 is 1.64 bits per heavy atom. The van der Waals surface area contributed by atoms with E-state index in [1.807, 2.05) is 48.5 Å². The third-order valence-electron chi connectivity index (χ3n) is 3.60. The summed E-state index contributed by atoms with van der Waals surface area (Å²) in [6, 6.07) is 17.7. The van der Waals surface area contributed by atoms with Gasteiger partial charge in [-0.05, 0) is 49.2 Å². The van der Waals surface area contributed by atoms with Gasteiger partial charge in [0.1, 0.15) is 24.7 Å². The normalized spacial score (nSPS) is 10.4. The number of rotatable bonds is 12. The Hall–Kier alpha value is -2.53. The maximum atomic E-state index is 10.4. The van der Waals surface area contributed by atoms with E-state index >= 15 is 0 Å². The molecule has 0 saturated carbocycles. The molecule has 0 atom stereocenters. The molecule has 0 aromatic heterocycles. The lowest BCUT2D eigenvalue weighted by Crippen LogP contribution is -2.19. The molecule has 0 aliphatic rings. The van der Waals surface area contributed by atoms with Gasteiger partial charge in [-0.25, -0.2) is 0 Å². The van der Waals surface area contributed by atoms with E-state index < -0.39 is 5.97 Å². The number of carboxylic acids is 1. The topological polar surface area (TPSA) is 67.8 Å². The molecule has 0 spiro atoms. The Morgan fingerprint density at radius 3 is 2.40 bits per heavy atom. The molecule has 5 nitrogen and oxygen atoms in total. The van der Waals surface area contributed by atoms with Crippen molar-refractivity contribution in [3.8, 4) is 11.5 Å². The van der Waals surface area contributed by atoms with Crippen molar-refractivity contribution >= 4 is 5.97 Å². The summed E-state index contributed by atoms with van der Waals surface area (Å²) in [7, 11) is 0. The van der Waals surface area contributed by atoms with Gasteiger partial charge in [-0.15, -0.1) is 0 Å². The van der Waals surface area contributed by atoms with Crippen LogP contribution in [0.2, 0.25) is 0 Å². The van der Waals surface area contributed by atoms with Crippen LogP contribution in [0.3, 0.4) is 0 Å². The fraction of sp³-hybridized carbons (Fsp3) is 0.350. The van der Waals surface area contributed by atoms with Crippen molar-refractivity contribution in [2.24, 2.45) is 0 Å². The molecule has 0 aliphatic carbocycles. The third-order valence-corrected chi connectivity index (χ3v) is 3.60. The number of carboxylic acid groups (broad SMARTS) is 1. The second kappa shape index (κ2) is 11.1. The Morgan fingerprint density at radius 1 is 0.920 bits per heavy atom. The monoisotopic (exact) mass is 343 g/mol. The zero-order valence-electron chi connectivity index (χ0n) is 14.3. The van der Waals surface area contributed by atoms with Crippen LogP contribution in [-0.4, -0.2) is 37.4 Å². The maximum absolute atomic E-state index is 10.4. The first-order chi connectivity index (χ1) is 12.2. The molecular formula is C20H25NO4. The van der Waals surface area contributed by atoms with E-state index in [1.54, 1.807) is 0 Å². The molecule has 0 fully saturated rings. The summed E-state index contributed by atoms with van der Waals surface area (Å²) in [6.07, 6.45) is 2.05. The number of ether oxygens (including phenoxy) is 2. The molecule has 25 heavy (non-hydrogen) atoms. The predicted octanol–water partition coefficient (Wildman–Crippen LogP) is 3.14. The first-order valence-corrected chi connectivity index (χ1v) is 8.56. The van der Waals surface area contributed by atoms with Crippen LogP contribution >= 0.6 is 0 Å². The van der Waals surface area contributed by atoms with E-state index in [9.17, 15) is 4.79 Å². The molecule has 134 valence electrons. The summed E-state index contributed by atoms with van der Waals surface area (Å²) in [5.41, 5.74) is 1.21. The van der Waals surface area contributed by atoms with Gasteiger partial charge < -0.3 is 19.9 Å². The number of carbonyl (C=O) groups is 1. The average Bonchev–Trinajstić information content (AvgIpc) is 2.63. The first kappa shape index (κ1) is 18.8. The van der Waals surface area contributed by atoms with E-state index in [0.29, 0.717) is 19.8 Å². The zero-order chi connectivity index (χ0) is 17.7. The summed E-state index contributed by atoms with van der Waals surface area (Å²) in [5, 5.41) is 11.7. The van der Waals surface area contributed by atoms with Crippen LogP contribution < -0.4 is 14.8 Å². The maximum Gasteiger partial charge on any atom is 0.304 e. The largest absolute Gasteiger partial charge is 0.490 e. The van der Waals surface area contributed by atoms with Gasteiger partial charge in [-0.3, -0.25) is 4.79 Å². The standard InChI is InChI=1S/C20H25NO4/c22-20(23)11-13-21-12-5-7-17-6-4-10-19(16-17)25-15-14-24-18-8-2-1-3-9-18/h1-4,6,8-10,16,21H,5,7,11-15H2,(H,22,23). The van der Waals surface area contributed by atoms with E-state index in [-0.39, 0.29) is 6.42 Å². The minimum atomic E-state index is -0.770. The van der Waals surface area contributed by atoms with Crippen LogP contribution in [0.4, 0.5) is 0 Å². The van der Waals surface area contributed by atoms with Crippen LogP contribution in [-0.2, 0) is 11.2 Å². The van der Waals surface area contributed by atoms with Crippen molar-refractivity contribution < 1.29 is 19.4 Å². The molecule has 0 amide bonds. The lowest BCUT2D eigenvalue weighted by atomic mass is 10.1. The van der Waals surface area contributed by atoms with Gasteiger partial charge in [0.05, 0.1) is 6.42 Å². The van der Waals surface area contributed by atoms with E-state index in [1.165, 1.54) is 5.56 Å². The van der Waals surface area contributed by atoms with Crippen molar-refractivity contribution in [3.05, 3.63) is 60.2 Å². The molecule has 5 heteroatoms. The highest BCUT2D eigenvalue weighted by Gasteiger charge is 1.99. The number of benzene rings is 2. The van der Waals surface area contributed by atoms with E-state index in [4.69, 9.17) is 14.6 Å². The molecule has 0 bridgehead atoms.